The van der Waals surface area contributed by atoms with Crippen molar-refractivity contribution >= 4 is 34.8 Å². The average molecular weight is 307 g/mol. The fourth-order valence-electron chi connectivity index (χ4n) is 1.44. The highest BCUT2D eigenvalue weighted by Gasteiger charge is 2.12. The van der Waals surface area contributed by atoms with Crippen LogP contribution in [-0.2, 0) is 0 Å². The Morgan fingerprint density at radius 2 is 1.72 bits per heavy atom. The molecule has 2 rings (SSSR count). The Hall–Kier alpha value is -1.03. The first-order valence-corrected chi connectivity index (χ1v) is 6.00. The second-order valence-corrected chi connectivity index (χ2v) is 4.65. The zero-order chi connectivity index (χ0) is 13.3. The highest BCUT2D eigenvalue weighted by atomic mass is 35.5. The van der Waals surface area contributed by atoms with E-state index in [1.54, 1.807) is 0 Å². The lowest BCUT2D eigenvalue weighted by Crippen LogP contribution is -1.92. The number of halogens is 4. The molecule has 0 amide bonds. The molecule has 0 aliphatic heterocycles. The van der Waals surface area contributed by atoms with Gasteiger partial charge >= 0.3 is 0 Å². The van der Waals surface area contributed by atoms with E-state index in [0.717, 1.165) is 0 Å². The first kappa shape index (κ1) is 13.4. The van der Waals surface area contributed by atoms with E-state index in [4.69, 9.17) is 39.5 Å². The molecule has 1 aromatic carbocycles. The molecule has 0 spiro atoms. The van der Waals surface area contributed by atoms with Gasteiger partial charge in [0, 0.05) is 11.6 Å². The highest BCUT2D eigenvalue weighted by molar-refractivity contribution is 6.48. The molecule has 0 atom stereocenters. The van der Waals surface area contributed by atoms with Crippen molar-refractivity contribution < 1.29 is 9.13 Å². The number of hydrogen-bond donors (Lipinski definition) is 0. The van der Waals surface area contributed by atoms with Crippen molar-refractivity contribution in [3.05, 3.63) is 45.3 Å². The predicted molar refractivity (Wildman–Crippen MR) is 71.2 cm³/mol. The summed E-state index contributed by atoms with van der Waals surface area (Å²) in [5, 5.41) is 0.725. The summed E-state index contributed by atoms with van der Waals surface area (Å²) >= 11 is 17.6. The van der Waals surface area contributed by atoms with Crippen LogP contribution in [0.15, 0.2) is 24.4 Å². The van der Waals surface area contributed by atoms with Crippen LogP contribution in [0, 0.1) is 5.82 Å². The molecule has 0 bridgehead atoms. The molecule has 0 unspecified atom stereocenters. The number of benzene rings is 1. The first-order valence-electron chi connectivity index (χ1n) is 4.87. The summed E-state index contributed by atoms with van der Waals surface area (Å²) in [6.45, 7) is 0. The second kappa shape index (κ2) is 5.31. The maximum Gasteiger partial charge on any atom is 0.153 e. The third kappa shape index (κ3) is 2.53. The molecule has 18 heavy (non-hydrogen) atoms. The Bertz CT molecular complexity index is 581. The van der Waals surface area contributed by atoms with Crippen LogP contribution in [0.2, 0.25) is 15.1 Å². The number of nitrogens with zero attached hydrogens (tertiary/aromatic N) is 1. The minimum atomic E-state index is -0.524. The van der Waals surface area contributed by atoms with Crippen molar-refractivity contribution in [2.75, 3.05) is 7.11 Å². The van der Waals surface area contributed by atoms with Crippen LogP contribution in [0.4, 0.5) is 4.39 Å². The van der Waals surface area contributed by atoms with E-state index < -0.39 is 5.82 Å². The van der Waals surface area contributed by atoms with Gasteiger partial charge in [-0.25, -0.2) is 9.37 Å². The van der Waals surface area contributed by atoms with Crippen molar-refractivity contribution in [1.29, 1.82) is 0 Å². The maximum atomic E-state index is 13.8. The van der Waals surface area contributed by atoms with Crippen LogP contribution in [0.5, 0.6) is 5.75 Å². The van der Waals surface area contributed by atoms with E-state index in [1.807, 2.05) is 0 Å². The van der Waals surface area contributed by atoms with Gasteiger partial charge in [-0.2, -0.15) is 0 Å². The molecule has 1 heterocycles. The van der Waals surface area contributed by atoms with Crippen molar-refractivity contribution in [2.45, 2.75) is 0 Å². The molecule has 0 aliphatic rings. The fraction of sp³-hybridized carbons (Fsp3) is 0.0833. The minimum Gasteiger partial charge on any atom is -0.495 e. The Morgan fingerprint density at radius 1 is 1.11 bits per heavy atom. The number of pyridine rings is 1. The van der Waals surface area contributed by atoms with E-state index in [9.17, 15) is 4.39 Å². The van der Waals surface area contributed by atoms with Crippen LogP contribution < -0.4 is 4.74 Å². The van der Waals surface area contributed by atoms with E-state index >= 15 is 0 Å². The standard InChI is InChI=1S/C12H7Cl3FNO/c1-18-7-4-10(16)12(17-5-7)6-2-8(13)11(15)9(14)3-6/h2-5H,1H3. The lowest BCUT2D eigenvalue weighted by Gasteiger charge is -2.07. The smallest absolute Gasteiger partial charge is 0.153 e. The van der Waals surface area contributed by atoms with Crippen molar-refractivity contribution in [3.63, 3.8) is 0 Å². The Kier molecular flexibility index (Phi) is 3.95. The zero-order valence-electron chi connectivity index (χ0n) is 9.18. The molecule has 2 nitrogen and oxygen atoms in total. The van der Waals surface area contributed by atoms with Gasteiger partial charge < -0.3 is 4.74 Å². The molecular weight excluding hydrogens is 299 g/mol. The van der Waals surface area contributed by atoms with Crippen molar-refractivity contribution in [2.24, 2.45) is 0 Å². The van der Waals surface area contributed by atoms with E-state index in [0.29, 0.717) is 11.3 Å². The van der Waals surface area contributed by atoms with Crippen LogP contribution in [0.3, 0.4) is 0 Å². The number of methoxy groups -OCH3 is 1. The summed E-state index contributed by atoms with van der Waals surface area (Å²) in [7, 11) is 1.44. The zero-order valence-corrected chi connectivity index (χ0v) is 11.4. The average Bonchev–Trinajstić information content (AvgIpc) is 2.35. The molecule has 0 saturated carbocycles. The topological polar surface area (TPSA) is 22.1 Å². The molecule has 0 fully saturated rings. The SMILES string of the molecule is COc1cnc(-c2cc(Cl)c(Cl)c(Cl)c2)c(F)c1. The quantitative estimate of drug-likeness (QED) is 0.739. The van der Waals surface area contributed by atoms with Crippen LogP contribution >= 0.6 is 34.8 Å². The number of ether oxygens (including phenoxy) is 1. The minimum absolute atomic E-state index is 0.135. The first-order chi connectivity index (χ1) is 8.52. The van der Waals surface area contributed by atoms with E-state index in [2.05, 4.69) is 4.98 Å². The predicted octanol–water partition coefficient (Wildman–Crippen LogP) is 4.86. The molecule has 0 saturated heterocycles. The molecule has 1 aromatic heterocycles. The normalized spacial score (nSPS) is 10.5. The monoisotopic (exact) mass is 305 g/mol. The molecule has 0 aliphatic carbocycles. The molecule has 94 valence electrons. The van der Waals surface area contributed by atoms with Gasteiger partial charge in [-0.15, -0.1) is 0 Å². The van der Waals surface area contributed by atoms with E-state index in [-0.39, 0.29) is 20.8 Å². The van der Waals surface area contributed by atoms with Gasteiger partial charge in [-0.3, -0.25) is 0 Å². The Balaban J connectivity index is 2.55. The molecule has 0 radical (unpaired) electrons. The molecule has 6 heteroatoms. The van der Waals surface area contributed by atoms with Crippen molar-refractivity contribution in [1.82, 2.24) is 4.98 Å². The molecule has 2 aromatic rings. The van der Waals surface area contributed by atoms with Gasteiger partial charge in [-0.05, 0) is 12.1 Å². The van der Waals surface area contributed by atoms with Crippen molar-refractivity contribution in [3.8, 4) is 17.0 Å². The van der Waals surface area contributed by atoms with Gasteiger partial charge in [-0.1, -0.05) is 34.8 Å². The maximum absolute atomic E-state index is 13.8. The highest BCUT2D eigenvalue weighted by Crippen LogP contribution is 2.35. The lowest BCUT2D eigenvalue weighted by molar-refractivity contribution is 0.409. The Morgan fingerprint density at radius 3 is 2.22 bits per heavy atom. The molecular formula is C12H7Cl3FNO. The number of rotatable bonds is 2. The van der Waals surface area contributed by atoms with Gasteiger partial charge in [0.1, 0.15) is 11.4 Å². The van der Waals surface area contributed by atoms with Gasteiger partial charge in [0.15, 0.2) is 5.82 Å². The third-order valence-electron chi connectivity index (χ3n) is 2.31. The summed E-state index contributed by atoms with van der Waals surface area (Å²) in [5.41, 5.74) is 0.589. The van der Waals surface area contributed by atoms with Gasteiger partial charge in [0.05, 0.1) is 28.4 Å². The summed E-state index contributed by atoms with van der Waals surface area (Å²) < 4.78 is 18.7. The second-order valence-electron chi connectivity index (χ2n) is 3.46. The number of aromatic nitrogens is 1. The summed E-state index contributed by atoms with van der Waals surface area (Å²) in [6.07, 6.45) is 1.41. The van der Waals surface area contributed by atoms with E-state index in [1.165, 1.54) is 31.5 Å². The lowest BCUT2D eigenvalue weighted by atomic mass is 10.1. The van der Waals surface area contributed by atoms with Crippen LogP contribution in [-0.4, -0.2) is 12.1 Å². The summed E-state index contributed by atoms with van der Waals surface area (Å²) in [6, 6.07) is 4.25. The molecule has 0 N–H and O–H groups in total. The van der Waals surface area contributed by atoms with Gasteiger partial charge in [0.25, 0.3) is 0 Å². The number of hydrogen-bond acceptors (Lipinski definition) is 2. The third-order valence-corrected chi connectivity index (χ3v) is 3.51. The largest absolute Gasteiger partial charge is 0.495 e. The van der Waals surface area contributed by atoms with Gasteiger partial charge in [0.2, 0.25) is 0 Å². The summed E-state index contributed by atoms with van der Waals surface area (Å²) in [4.78, 5) is 3.97. The Labute approximate surface area is 118 Å². The van der Waals surface area contributed by atoms with Crippen LogP contribution in [0.1, 0.15) is 0 Å². The fourth-order valence-corrected chi connectivity index (χ4v) is 2.03. The van der Waals surface area contributed by atoms with Crippen LogP contribution in [0.25, 0.3) is 11.3 Å². The summed E-state index contributed by atoms with van der Waals surface area (Å²) in [5.74, 6) is -0.189.